The minimum Gasteiger partial charge on any atom is -0.369 e. The molecule has 0 aromatic heterocycles. The first-order chi connectivity index (χ1) is 6.20. The lowest BCUT2D eigenvalue weighted by Crippen LogP contribution is -2.19. The van der Waals surface area contributed by atoms with Crippen LogP contribution in [-0.4, -0.2) is 5.91 Å². The number of nitrogens with two attached hydrogens (primary N) is 1. The van der Waals surface area contributed by atoms with Crippen molar-refractivity contribution in [2.24, 2.45) is 5.73 Å². The van der Waals surface area contributed by atoms with Crippen LogP contribution in [0.5, 0.6) is 0 Å². The molecule has 2 nitrogen and oxygen atoms in total. The summed E-state index contributed by atoms with van der Waals surface area (Å²) in [6.45, 7) is 2.09. The summed E-state index contributed by atoms with van der Waals surface area (Å²) >= 11 is 0. The molecule has 2 rings (SSSR count). The summed E-state index contributed by atoms with van der Waals surface area (Å²) in [6, 6.07) is 6.10. The molecule has 1 aromatic rings. The lowest BCUT2D eigenvalue weighted by atomic mass is 9.99. The smallest absolute Gasteiger partial charge is 0.224 e. The van der Waals surface area contributed by atoms with Crippen LogP contribution in [-0.2, 0) is 11.2 Å². The van der Waals surface area contributed by atoms with Crippen molar-refractivity contribution >= 4 is 5.91 Å². The molecular weight excluding hydrogens is 162 g/mol. The highest BCUT2D eigenvalue weighted by Crippen LogP contribution is 2.34. The van der Waals surface area contributed by atoms with E-state index in [9.17, 15) is 4.79 Å². The Bertz CT molecular complexity index is 357. The van der Waals surface area contributed by atoms with Crippen molar-refractivity contribution in [2.45, 2.75) is 25.7 Å². The van der Waals surface area contributed by atoms with Gasteiger partial charge in [-0.15, -0.1) is 0 Å². The Labute approximate surface area is 77.8 Å². The average molecular weight is 175 g/mol. The summed E-state index contributed by atoms with van der Waals surface area (Å²) in [6.07, 6.45) is 1.88. The quantitative estimate of drug-likeness (QED) is 0.690. The minimum atomic E-state index is -0.190. The molecule has 1 aliphatic carbocycles. The van der Waals surface area contributed by atoms with Crippen molar-refractivity contribution in [3.63, 3.8) is 0 Å². The van der Waals surface area contributed by atoms with E-state index in [4.69, 9.17) is 5.73 Å². The third kappa shape index (κ3) is 1.22. The molecular formula is C11H13NO. The first-order valence-electron chi connectivity index (χ1n) is 4.58. The van der Waals surface area contributed by atoms with Crippen molar-refractivity contribution in [2.75, 3.05) is 0 Å². The molecule has 68 valence electrons. The molecule has 0 radical (unpaired) electrons. The second-order valence-electron chi connectivity index (χ2n) is 3.64. The summed E-state index contributed by atoms with van der Waals surface area (Å²) in [5.74, 6) is -0.237. The number of carbonyl (C=O) groups excluding carboxylic acids is 1. The van der Waals surface area contributed by atoms with Gasteiger partial charge in [-0.25, -0.2) is 0 Å². The van der Waals surface area contributed by atoms with Gasteiger partial charge in [0, 0.05) is 0 Å². The summed E-state index contributed by atoms with van der Waals surface area (Å²) in [4.78, 5) is 11.1. The van der Waals surface area contributed by atoms with E-state index in [1.165, 1.54) is 11.1 Å². The maximum absolute atomic E-state index is 11.1. The summed E-state index contributed by atoms with van der Waals surface area (Å²) in [5.41, 5.74) is 9.07. The number of carbonyl (C=O) groups is 1. The van der Waals surface area contributed by atoms with E-state index in [0.29, 0.717) is 0 Å². The Balaban J connectivity index is 2.49. The minimum absolute atomic E-state index is 0.0464. The summed E-state index contributed by atoms with van der Waals surface area (Å²) < 4.78 is 0. The highest BCUT2D eigenvalue weighted by atomic mass is 16.1. The molecule has 0 fully saturated rings. The summed E-state index contributed by atoms with van der Waals surface area (Å²) in [5, 5.41) is 0. The van der Waals surface area contributed by atoms with Crippen LogP contribution < -0.4 is 5.73 Å². The van der Waals surface area contributed by atoms with Crippen LogP contribution >= 0.6 is 0 Å². The van der Waals surface area contributed by atoms with Crippen molar-refractivity contribution in [1.29, 1.82) is 0 Å². The van der Waals surface area contributed by atoms with Crippen molar-refractivity contribution in [3.05, 3.63) is 34.9 Å². The number of fused-ring (bicyclic) bond motifs is 1. The largest absolute Gasteiger partial charge is 0.369 e. The van der Waals surface area contributed by atoms with Crippen molar-refractivity contribution in [1.82, 2.24) is 0 Å². The molecule has 1 aromatic carbocycles. The molecule has 0 heterocycles. The van der Waals surface area contributed by atoms with Crippen LogP contribution in [0.4, 0.5) is 0 Å². The maximum Gasteiger partial charge on any atom is 0.224 e. The molecule has 0 saturated heterocycles. The third-order valence-corrected chi connectivity index (χ3v) is 2.85. The first-order valence-corrected chi connectivity index (χ1v) is 4.58. The Kier molecular flexibility index (Phi) is 1.83. The lowest BCUT2D eigenvalue weighted by Gasteiger charge is -2.07. The van der Waals surface area contributed by atoms with Gasteiger partial charge in [0.25, 0.3) is 0 Å². The van der Waals surface area contributed by atoms with Crippen molar-refractivity contribution in [3.8, 4) is 0 Å². The Hall–Kier alpha value is -1.31. The molecule has 1 atom stereocenters. The molecule has 2 heteroatoms. The molecule has 0 aliphatic heterocycles. The normalized spacial score (nSPS) is 19.9. The van der Waals surface area contributed by atoms with Crippen LogP contribution in [0.15, 0.2) is 18.2 Å². The van der Waals surface area contributed by atoms with E-state index in [-0.39, 0.29) is 11.8 Å². The SMILES string of the molecule is Cc1cccc2c1CCC2C(N)=O. The molecule has 2 N–H and O–H groups in total. The van der Waals surface area contributed by atoms with Gasteiger partial charge in [0.15, 0.2) is 0 Å². The van der Waals surface area contributed by atoms with Crippen LogP contribution in [0.25, 0.3) is 0 Å². The predicted molar refractivity (Wildman–Crippen MR) is 51.4 cm³/mol. The maximum atomic E-state index is 11.1. The van der Waals surface area contributed by atoms with Gasteiger partial charge in [-0.1, -0.05) is 18.2 Å². The van der Waals surface area contributed by atoms with Gasteiger partial charge in [-0.05, 0) is 36.5 Å². The van der Waals surface area contributed by atoms with Gasteiger partial charge in [0.1, 0.15) is 0 Å². The predicted octanol–water partition coefficient (Wildman–Crippen LogP) is 1.51. The van der Waals surface area contributed by atoms with E-state index < -0.39 is 0 Å². The number of rotatable bonds is 1. The van der Waals surface area contributed by atoms with E-state index in [1.54, 1.807) is 0 Å². The third-order valence-electron chi connectivity index (χ3n) is 2.85. The van der Waals surface area contributed by atoms with Gasteiger partial charge in [0.2, 0.25) is 5.91 Å². The van der Waals surface area contributed by atoms with Gasteiger partial charge in [0.05, 0.1) is 5.92 Å². The van der Waals surface area contributed by atoms with E-state index in [1.807, 2.05) is 12.1 Å². The standard InChI is InChI=1S/C11H13NO/c1-7-3-2-4-9-8(7)5-6-10(9)11(12)13/h2-4,10H,5-6H2,1H3,(H2,12,13). The molecule has 0 bridgehead atoms. The number of amides is 1. The number of primary amides is 1. The zero-order valence-corrected chi connectivity index (χ0v) is 7.71. The first kappa shape index (κ1) is 8.30. The molecule has 1 amide bonds. The Morgan fingerprint density at radius 1 is 1.54 bits per heavy atom. The van der Waals surface area contributed by atoms with Crippen molar-refractivity contribution < 1.29 is 4.79 Å². The number of benzene rings is 1. The number of hydrogen-bond donors (Lipinski definition) is 1. The average Bonchev–Trinajstić information content (AvgIpc) is 2.48. The van der Waals surface area contributed by atoms with E-state index >= 15 is 0 Å². The second kappa shape index (κ2) is 2.87. The van der Waals surface area contributed by atoms with E-state index in [2.05, 4.69) is 13.0 Å². The van der Waals surface area contributed by atoms with Crippen LogP contribution in [0.1, 0.15) is 29.0 Å². The van der Waals surface area contributed by atoms with Crippen LogP contribution in [0.2, 0.25) is 0 Å². The topological polar surface area (TPSA) is 43.1 Å². The molecule has 1 aliphatic rings. The Morgan fingerprint density at radius 3 is 3.00 bits per heavy atom. The second-order valence-corrected chi connectivity index (χ2v) is 3.64. The van der Waals surface area contributed by atoms with Gasteiger partial charge in [-0.3, -0.25) is 4.79 Å². The van der Waals surface area contributed by atoms with Crippen LogP contribution in [0.3, 0.4) is 0 Å². The van der Waals surface area contributed by atoms with Gasteiger partial charge in [-0.2, -0.15) is 0 Å². The fourth-order valence-corrected chi connectivity index (χ4v) is 2.13. The number of hydrogen-bond acceptors (Lipinski definition) is 1. The highest BCUT2D eigenvalue weighted by Gasteiger charge is 2.27. The zero-order chi connectivity index (χ0) is 9.42. The monoisotopic (exact) mass is 175 g/mol. The number of aryl methyl sites for hydroxylation is 1. The molecule has 0 spiro atoms. The zero-order valence-electron chi connectivity index (χ0n) is 7.71. The van der Waals surface area contributed by atoms with E-state index in [0.717, 1.165) is 18.4 Å². The molecule has 0 saturated carbocycles. The fourth-order valence-electron chi connectivity index (χ4n) is 2.13. The van der Waals surface area contributed by atoms with Gasteiger partial charge >= 0.3 is 0 Å². The molecule has 1 unspecified atom stereocenters. The van der Waals surface area contributed by atoms with Gasteiger partial charge < -0.3 is 5.73 Å². The fraction of sp³-hybridized carbons (Fsp3) is 0.364. The molecule has 13 heavy (non-hydrogen) atoms. The Morgan fingerprint density at radius 2 is 2.31 bits per heavy atom. The highest BCUT2D eigenvalue weighted by molar-refractivity contribution is 5.83. The van der Waals surface area contributed by atoms with Crippen LogP contribution in [0, 0.1) is 6.92 Å². The summed E-state index contributed by atoms with van der Waals surface area (Å²) in [7, 11) is 0. The lowest BCUT2D eigenvalue weighted by molar-refractivity contribution is -0.119.